The second kappa shape index (κ2) is 3.77. The van der Waals surface area contributed by atoms with Crippen LogP contribution in [0, 0.1) is 4.77 Å². The second-order valence-electron chi connectivity index (χ2n) is 3.01. The summed E-state index contributed by atoms with van der Waals surface area (Å²) in [4.78, 5) is 5.93. The molecule has 0 aliphatic rings. The van der Waals surface area contributed by atoms with Crippen LogP contribution in [-0.2, 0) is 6.61 Å². The highest BCUT2D eigenvalue weighted by Gasteiger charge is 1.98. The fraction of sp³-hybridized carbons (Fsp3) is 0.100. The number of aliphatic hydroxyl groups excluding tert-OH is 1. The summed E-state index contributed by atoms with van der Waals surface area (Å²) < 4.78 is 0.617. The van der Waals surface area contributed by atoms with Crippen molar-refractivity contribution in [2.75, 3.05) is 0 Å². The number of imidazole rings is 1. The summed E-state index contributed by atoms with van der Waals surface area (Å²) >= 11 is 4.93. The van der Waals surface area contributed by atoms with Crippen LogP contribution in [-0.4, -0.2) is 15.1 Å². The van der Waals surface area contributed by atoms with E-state index in [9.17, 15) is 0 Å². The summed E-state index contributed by atoms with van der Waals surface area (Å²) in [6, 6.07) is 7.67. The molecule has 2 rings (SSSR count). The molecule has 0 amide bonds. The van der Waals surface area contributed by atoms with Gasteiger partial charge in [-0.15, -0.1) is 0 Å². The van der Waals surface area contributed by atoms with Crippen molar-refractivity contribution in [3.05, 3.63) is 40.8 Å². The fourth-order valence-electron chi connectivity index (χ4n) is 1.28. The topological polar surface area (TPSA) is 51.8 Å². The van der Waals surface area contributed by atoms with E-state index in [1.807, 2.05) is 30.5 Å². The molecule has 1 aromatic carbocycles. The van der Waals surface area contributed by atoms with Gasteiger partial charge in [-0.05, 0) is 23.3 Å². The van der Waals surface area contributed by atoms with Crippen LogP contribution in [0.15, 0.2) is 30.5 Å². The molecule has 0 saturated carbocycles. The van der Waals surface area contributed by atoms with Gasteiger partial charge in [0.05, 0.1) is 12.3 Å². The van der Waals surface area contributed by atoms with E-state index in [0.717, 1.165) is 16.8 Å². The Morgan fingerprint density at radius 1 is 1.21 bits per heavy atom. The molecule has 1 heterocycles. The number of hydrogen-bond acceptors (Lipinski definition) is 2. The van der Waals surface area contributed by atoms with Crippen molar-refractivity contribution < 1.29 is 5.11 Å². The molecular formula is C10H10N2OS. The predicted octanol–water partition coefficient (Wildman–Crippen LogP) is 2.23. The van der Waals surface area contributed by atoms with E-state index in [1.165, 1.54) is 0 Å². The number of hydrogen-bond donors (Lipinski definition) is 3. The molecule has 14 heavy (non-hydrogen) atoms. The predicted molar refractivity (Wildman–Crippen MR) is 57.3 cm³/mol. The molecule has 0 fully saturated rings. The summed E-state index contributed by atoms with van der Waals surface area (Å²) in [5.41, 5.74) is 2.91. The Kier molecular flexibility index (Phi) is 2.47. The van der Waals surface area contributed by atoms with Crippen LogP contribution in [0.4, 0.5) is 0 Å². The molecule has 0 atom stereocenters. The number of nitrogens with one attached hydrogen (secondary N) is 2. The maximum Gasteiger partial charge on any atom is 0.174 e. The minimum atomic E-state index is 0.0728. The maximum atomic E-state index is 8.87. The van der Waals surface area contributed by atoms with Crippen LogP contribution in [0.1, 0.15) is 5.56 Å². The van der Waals surface area contributed by atoms with Gasteiger partial charge >= 0.3 is 0 Å². The third-order valence-corrected chi connectivity index (χ3v) is 2.26. The van der Waals surface area contributed by atoms with Gasteiger partial charge < -0.3 is 15.1 Å². The molecule has 1 aromatic heterocycles. The van der Waals surface area contributed by atoms with Gasteiger partial charge in [-0.3, -0.25) is 0 Å². The summed E-state index contributed by atoms with van der Waals surface area (Å²) in [6.45, 7) is 0.0728. The second-order valence-corrected chi connectivity index (χ2v) is 3.42. The van der Waals surface area contributed by atoms with Crippen LogP contribution >= 0.6 is 12.2 Å². The smallest absolute Gasteiger partial charge is 0.174 e. The Labute approximate surface area is 86.4 Å². The molecule has 0 aliphatic carbocycles. The number of aliphatic hydroxyl groups is 1. The van der Waals surface area contributed by atoms with Crippen molar-refractivity contribution >= 4 is 12.2 Å². The summed E-state index contributed by atoms with van der Waals surface area (Å²) in [7, 11) is 0. The molecule has 0 unspecified atom stereocenters. The van der Waals surface area contributed by atoms with E-state index < -0.39 is 0 Å². The van der Waals surface area contributed by atoms with Crippen molar-refractivity contribution in [1.82, 2.24) is 9.97 Å². The normalized spacial score (nSPS) is 10.4. The zero-order valence-corrected chi connectivity index (χ0v) is 8.27. The Hall–Kier alpha value is -1.39. The van der Waals surface area contributed by atoms with Crippen molar-refractivity contribution in [3.63, 3.8) is 0 Å². The Morgan fingerprint density at radius 2 is 1.93 bits per heavy atom. The average Bonchev–Trinajstić information content (AvgIpc) is 2.65. The molecular weight excluding hydrogens is 196 g/mol. The first kappa shape index (κ1) is 9.18. The Balaban J connectivity index is 2.38. The van der Waals surface area contributed by atoms with Crippen LogP contribution in [0.25, 0.3) is 11.3 Å². The zero-order valence-electron chi connectivity index (χ0n) is 7.45. The minimum Gasteiger partial charge on any atom is -0.392 e. The Bertz CT molecular complexity index is 469. The largest absolute Gasteiger partial charge is 0.392 e. The highest BCUT2D eigenvalue weighted by atomic mass is 32.1. The summed E-state index contributed by atoms with van der Waals surface area (Å²) in [5, 5.41) is 8.87. The highest BCUT2D eigenvalue weighted by molar-refractivity contribution is 7.71. The van der Waals surface area contributed by atoms with Gasteiger partial charge in [0.25, 0.3) is 0 Å². The monoisotopic (exact) mass is 206 g/mol. The van der Waals surface area contributed by atoms with E-state index in [4.69, 9.17) is 17.3 Å². The number of rotatable bonds is 2. The molecule has 0 saturated heterocycles. The third-order valence-electron chi connectivity index (χ3n) is 2.04. The summed E-state index contributed by atoms with van der Waals surface area (Å²) in [5.74, 6) is 0. The number of aromatic nitrogens is 2. The number of benzene rings is 1. The quantitative estimate of drug-likeness (QED) is 0.660. The van der Waals surface area contributed by atoms with Gasteiger partial charge in [-0.25, -0.2) is 0 Å². The van der Waals surface area contributed by atoms with E-state index >= 15 is 0 Å². The van der Waals surface area contributed by atoms with E-state index in [0.29, 0.717) is 4.77 Å². The van der Waals surface area contributed by atoms with Gasteiger partial charge in [-0.2, -0.15) is 0 Å². The van der Waals surface area contributed by atoms with E-state index in [-0.39, 0.29) is 6.61 Å². The van der Waals surface area contributed by atoms with Gasteiger partial charge in [0.15, 0.2) is 4.77 Å². The van der Waals surface area contributed by atoms with Crippen LogP contribution in [0.5, 0.6) is 0 Å². The molecule has 3 N–H and O–H groups in total. The molecule has 2 aromatic rings. The molecule has 3 nitrogen and oxygen atoms in total. The lowest BCUT2D eigenvalue weighted by Gasteiger charge is -1.98. The molecule has 72 valence electrons. The van der Waals surface area contributed by atoms with Gasteiger partial charge in [0.2, 0.25) is 0 Å². The van der Waals surface area contributed by atoms with Gasteiger partial charge in [0, 0.05) is 6.20 Å². The number of H-pyrrole nitrogens is 2. The van der Waals surface area contributed by atoms with Crippen LogP contribution in [0.3, 0.4) is 0 Å². The lowest BCUT2D eigenvalue weighted by molar-refractivity contribution is 0.282. The summed E-state index contributed by atoms with van der Waals surface area (Å²) in [6.07, 6.45) is 1.83. The first-order valence-electron chi connectivity index (χ1n) is 4.27. The lowest BCUT2D eigenvalue weighted by Crippen LogP contribution is -1.82. The molecule has 4 heteroatoms. The Morgan fingerprint density at radius 3 is 2.43 bits per heavy atom. The van der Waals surface area contributed by atoms with Gasteiger partial charge in [-0.1, -0.05) is 24.3 Å². The zero-order chi connectivity index (χ0) is 9.97. The fourth-order valence-corrected chi connectivity index (χ4v) is 1.45. The number of aromatic amines is 2. The van der Waals surface area contributed by atoms with Crippen LogP contribution in [0.2, 0.25) is 0 Å². The van der Waals surface area contributed by atoms with Gasteiger partial charge in [0.1, 0.15) is 0 Å². The van der Waals surface area contributed by atoms with Crippen molar-refractivity contribution in [2.45, 2.75) is 6.61 Å². The minimum absolute atomic E-state index is 0.0728. The van der Waals surface area contributed by atoms with E-state index in [1.54, 1.807) is 0 Å². The van der Waals surface area contributed by atoms with E-state index in [2.05, 4.69) is 9.97 Å². The highest BCUT2D eigenvalue weighted by Crippen LogP contribution is 2.16. The van der Waals surface area contributed by atoms with Crippen molar-refractivity contribution in [1.29, 1.82) is 0 Å². The first-order valence-corrected chi connectivity index (χ1v) is 4.68. The molecule has 0 radical (unpaired) electrons. The van der Waals surface area contributed by atoms with Crippen molar-refractivity contribution in [2.24, 2.45) is 0 Å². The third kappa shape index (κ3) is 1.76. The molecule has 0 bridgehead atoms. The standard InChI is InChI=1S/C10H10N2OS/c13-6-7-1-3-8(4-2-7)9-5-11-10(14)12-9/h1-5,13H,6H2,(H2,11,12,14). The average molecular weight is 206 g/mol. The molecule has 0 aliphatic heterocycles. The van der Waals surface area contributed by atoms with Crippen molar-refractivity contribution in [3.8, 4) is 11.3 Å². The lowest BCUT2D eigenvalue weighted by atomic mass is 10.1. The SMILES string of the molecule is OCc1ccc(-c2c[nH]c(=S)[nH]2)cc1. The molecule has 0 spiro atoms. The maximum absolute atomic E-state index is 8.87. The van der Waals surface area contributed by atoms with Crippen LogP contribution < -0.4 is 0 Å². The first-order chi connectivity index (χ1) is 6.79.